The van der Waals surface area contributed by atoms with Gasteiger partial charge in [0.1, 0.15) is 6.54 Å². The molecule has 1 amide bonds. The molecule has 0 aliphatic carbocycles. The number of methoxy groups -OCH3 is 1. The van der Waals surface area contributed by atoms with Gasteiger partial charge in [-0.3, -0.25) is 9.59 Å². The molecule has 6 rings (SSSR count). The van der Waals surface area contributed by atoms with E-state index in [1.165, 1.54) is 12.0 Å². The molecule has 0 bridgehead atoms. The van der Waals surface area contributed by atoms with Crippen molar-refractivity contribution in [1.82, 2.24) is 14.4 Å². The van der Waals surface area contributed by atoms with Crippen LogP contribution in [0.25, 0.3) is 22.0 Å². The van der Waals surface area contributed by atoms with Crippen molar-refractivity contribution in [2.45, 2.75) is 55.8 Å². The molecular formula is C41H40F5N3O3S. The van der Waals surface area contributed by atoms with Gasteiger partial charge in [0.25, 0.3) is 0 Å². The van der Waals surface area contributed by atoms with Crippen LogP contribution in [-0.4, -0.2) is 59.6 Å². The molecule has 5 aromatic rings. The Bertz CT molecular complexity index is 3070. The maximum absolute atomic E-state index is 15.3. The summed E-state index contributed by atoms with van der Waals surface area (Å²) in [5, 5.41) is -1.56. The molecule has 0 spiro atoms. The number of hydrogen-bond donors (Lipinski definition) is 0. The fourth-order valence-corrected chi connectivity index (χ4v) is 6.40. The first kappa shape index (κ1) is 20.8. The maximum atomic E-state index is 15.3. The maximum Gasteiger partial charge on any atom is 0.416 e. The van der Waals surface area contributed by atoms with Crippen molar-refractivity contribution in [3.63, 3.8) is 0 Å². The van der Waals surface area contributed by atoms with Crippen LogP contribution >= 0.6 is 11.8 Å². The Morgan fingerprint density at radius 1 is 0.981 bits per heavy atom. The lowest BCUT2D eigenvalue weighted by Crippen LogP contribution is -2.48. The number of likely N-dealkylation sites (tertiary alicyclic amines) is 1. The lowest BCUT2D eigenvalue weighted by atomic mass is 9.98. The van der Waals surface area contributed by atoms with E-state index in [9.17, 15) is 25.1 Å². The van der Waals surface area contributed by atoms with Crippen LogP contribution in [0.3, 0.4) is 0 Å². The summed E-state index contributed by atoms with van der Waals surface area (Å²) in [7, 11) is 1.24. The molecular weight excluding hydrogens is 710 g/mol. The molecule has 1 aliphatic heterocycles. The number of piperidine rings is 1. The molecule has 1 fully saturated rings. The van der Waals surface area contributed by atoms with Gasteiger partial charge in [-0.2, -0.15) is 13.2 Å². The minimum Gasteiger partial charge on any atom is -0.383 e. The van der Waals surface area contributed by atoms with Crippen molar-refractivity contribution >= 4 is 28.6 Å². The Balaban J connectivity index is 1.61. The van der Waals surface area contributed by atoms with E-state index < -0.39 is 207 Å². The molecule has 2 heterocycles. The molecule has 6 nitrogen and oxygen atoms in total. The second-order valence-electron chi connectivity index (χ2n) is 11.5. The fraction of sp³-hybridized carbons (Fsp3) is 0.317. The number of amides is 1. The monoisotopic (exact) mass is 768 g/mol. The lowest BCUT2D eigenvalue weighted by molar-refractivity contribution is -0.138. The third-order valence-electron chi connectivity index (χ3n) is 8.04. The summed E-state index contributed by atoms with van der Waals surface area (Å²) < 4.78 is 242. The summed E-state index contributed by atoms with van der Waals surface area (Å²) in [5.74, 6) is -5.92. The van der Waals surface area contributed by atoms with E-state index in [1.54, 1.807) is 0 Å². The molecule has 53 heavy (non-hydrogen) atoms. The molecule has 12 heteroatoms. The van der Waals surface area contributed by atoms with Crippen molar-refractivity contribution in [2.24, 2.45) is 0 Å². The minimum absolute atomic E-state index is 0.227. The molecule has 0 unspecified atom stereocenters. The highest BCUT2D eigenvalue weighted by Gasteiger charge is 2.32. The number of fused-ring (bicyclic) bond motifs is 1. The van der Waals surface area contributed by atoms with E-state index in [0.717, 1.165) is 6.92 Å². The highest BCUT2D eigenvalue weighted by Crippen LogP contribution is 2.34. The SMILES string of the molecule is [2H]c1c([2H])c(F)c(F)c(CSc2c([2H])c(=O)c3c([2H])c([2H])c([2H])c([2H])c3n2CC(=O)N(C2CCN(C([2H])([2H])COC)CC2)C([2H])([2H])c2c([2H])c([2H])c(-c3c([2H])c([2H])c(C(F)(F)F)c(C)c3[2H])c([2H])c2[2H])c1[2H]. The van der Waals surface area contributed by atoms with Gasteiger partial charge in [-0.25, -0.2) is 8.78 Å². The molecule has 1 saturated heterocycles. The van der Waals surface area contributed by atoms with Crippen LogP contribution < -0.4 is 5.43 Å². The van der Waals surface area contributed by atoms with Crippen molar-refractivity contribution in [2.75, 3.05) is 33.3 Å². The van der Waals surface area contributed by atoms with E-state index in [2.05, 4.69) is 0 Å². The number of nitrogens with zero attached hydrogens (tertiary/aromatic N) is 3. The van der Waals surface area contributed by atoms with E-state index >= 15 is 9.18 Å². The largest absolute Gasteiger partial charge is 0.416 e. The summed E-state index contributed by atoms with van der Waals surface area (Å²) in [6.45, 7) is -7.07. The number of alkyl halides is 3. The van der Waals surface area contributed by atoms with Gasteiger partial charge >= 0.3 is 6.18 Å². The summed E-state index contributed by atoms with van der Waals surface area (Å²) in [6.07, 6.45) is -5.83. The average Bonchev–Trinajstić information content (AvgIpc) is 3.30. The Labute approximate surface area is 335 Å². The molecule has 4 aromatic carbocycles. The van der Waals surface area contributed by atoms with Gasteiger partial charge in [-0.15, -0.1) is 11.8 Å². The van der Waals surface area contributed by atoms with Gasteiger partial charge < -0.3 is 19.1 Å². The molecule has 0 N–H and O–H groups in total. The van der Waals surface area contributed by atoms with Crippen LogP contribution in [-0.2, 0) is 34.5 Å². The Hall–Kier alpha value is -4.52. The zero-order valence-electron chi connectivity index (χ0n) is 46.9. The number of aromatic nitrogens is 1. The average molecular weight is 769 g/mol. The molecule has 1 aliphatic rings. The summed E-state index contributed by atoms with van der Waals surface area (Å²) in [5.41, 5.74) is -8.63. The van der Waals surface area contributed by atoms with Crippen LogP contribution in [0.15, 0.2) is 100 Å². The molecule has 1 aromatic heterocycles. The topological polar surface area (TPSA) is 54.8 Å². The molecule has 278 valence electrons. The van der Waals surface area contributed by atoms with Crippen LogP contribution in [0.5, 0.6) is 0 Å². The number of ether oxygens (including phenoxy) is 1. The van der Waals surface area contributed by atoms with Crippen LogP contribution in [0.2, 0.25) is 0 Å². The van der Waals surface area contributed by atoms with E-state index in [1.807, 2.05) is 0 Å². The van der Waals surface area contributed by atoms with Gasteiger partial charge in [0.05, 0.1) is 46.0 Å². The van der Waals surface area contributed by atoms with Crippen LogP contribution in [0.1, 0.15) is 61.1 Å². The highest BCUT2D eigenvalue weighted by molar-refractivity contribution is 7.98. The van der Waals surface area contributed by atoms with Gasteiger partial charge in [0, 0.05) is 64.7 Å². The molecule has 0 saturated carbocycles. The Morgan fingerprint density at radius 2 is 1.70 bits per heavy atom. The van der Waals surface area contributed by atoms with Crippen molar-refractivity contribution in [1.29, 1.82) is 0 Å². The molecule has 0 atom stereocenters. The highest BCUT2D eigenvalue weighted by atomic mass is 32.2. The third-order valence-corrected chi connectivity index (χ3v) is 9.07. The Morgan fingerprint density at radius 3 is 2.42 bits per heavy atom. The number of halogens is 5. The minimum atomic E-state index is -5.23. The predicted octanol–water partition coefficient (Wildman–Crippen LogP) is 8.71. The number of hydrogen-bond acceptors (Lipinski definition) is 5. The lowest BCUT2D eigenvalue weighted by Gasteiger charge is -2.39. The van der Waals surface area contributed by atoms with E-state index in [-0.39, 0.29) is 37.7 Å². The number of carbonyl (C=O) groups excluding carboxylic acids is 1. The fourth-order valence-electron chi connectivity index (χ4n) is 5.44. The quantitative estimate of drug-likeness (QED) is 0.0940. The number of carbonyl (C=O) groups is 1. The standard InChI is InChI=1S/C41H40F5N3O3S/c1-27-22-30(14-15-34(27)41(44,45)46)29-12-10-28(11-13-29)24-48(32-16-18-47(19-17-32)20-21-52-2)38(51)25-49-36-9-4-3-7-33(36)37(50)23-39(49)53-26-31-6-5-8-35(42)40(31)43/h3-15,22-23,32H,16-21,24-26H2,1-2H3/i3D,4D,5D,6D,7D,8D,9D,10D,11D,12D,13D,14D,15D,20D2,22D,23D,24D2. The summed E-state index contributed by atoms with van der Waals surface area (Å²) in [6, 6.07) is -18.5. The summed E-state index contributed by atoms with van der Waals surface area (Å²) >= 11 is 0.258. The van der Waals surface area contributed by atoms with E-state index in [4.69, 9.17) is 28.0 Å². The number of pyridine rings is 1. The van der Waals surface area contributed by atoms with Gasteiger partial charge in [0.15, 0.2) is 17.1 Å². The van der Waals surface area contributed by atoms with Gasteiger partial charge in [0.2, 0.25) is 5.91 Å². The molecule has 0 radical (unpaired) electrons. The van der Waals surface area contributed by atoms with Crippen molar-refractivity contribution in [3.8, 4) is 11.1 Å². The smallest absolute Gasteiger partial charge is 0.383 e. The van der Waals surface area contributed by atoms with Crippen molar-refractivity contribution in [3.05, 3.63) is 135 Å². The second kappa shape index (κ2) is 16.7. The predicted molar refractivity (Wildman–Crippen MR) is 198 cm³/mol. The van der Waals surface area contributed by atoms with E-state index in [0.29, 0.717) is 9.47 Å². The zero-order chi connectivity index (χ0) is 54.3. The Kier molecular flexibility index (Phi) is 6.54. The number of para-hydroxylation sites is 1. The normalized spacial score (nSPS) is 19.8. The second-order valence-corrected chi connectivity index (χ2v) is 12.5. The third kappa shape index (κ3) is 9.00. The first-order chi connectivity index (χ1) is 33.2. The zero-order valence-corrected chi connectivity index (χ0v) is 28.7. The van der Waals surface area contributed by atoms with Gasteiger partial charge in [-0.1, -0.05) is 60.4 Å². The first-order valence-corrected chi connectivity index (χ1v) is 16.7. The van der Waals surface area contributed by atoms with Crippen molar-refractivity contribution < 1.29 is 57.5 Å². The number of benzene rings is 4. The van der Waals surface area contributed by atoms with Crippen LogP contribution in [0.4, 0.5) is 22.0 Å². The van der Waals surface area contributed by atoms with Gasteiger partial charge in [-0.05, 0) is 66.2 Å². The summed E-state index contributed by atoms with van der Waals surface area (Å²) in [4.78, 5) is 30.9. The number of thioether (sulfide) groups is 1. The first-order valence-electron chi connectivity index (χ1n) is 25.2. The van der Waals surface area contributed by atoms with Crippen LogP contribution in [0, 0.1) is 18.6 Å². The number of rotatable bonds is 12.